The van der Waals surface area contributed by atoms with Crippen molar-refractivity contribution in [3.05, 3.63) is 35.9 Å². The number of hydrogen-bond donors (Lipinski definition) is 1. The molecule has 1 N–H and O–H groups in total. The highest BCUT2D eigenvalue weighted by atomic mass is 16.3. The summed E-state index contributed by atoms with van der Waals surface area (Å²) < 4.78 is 0. The zero-order valence-corrected chi connectivity index (χ0v) is 10.9. The summed E-state index contributed by atoms with van der Waals surface area (Å²) in [5, 5.41) is 9.14. The van der Waals surface area contributed by atoms with Crippen LogP contribution in [0.25, 0.3) is 0 Å². The van der Waals surface area contributed by atoms with E-state index in [0.29, 0.717) is 6.54 Å². The van der Waals surface area contributed by atoms with Crippen molar-refractivity contribution in [3.63, 3.8) is 0 Å². The zero-order valence-electron chi connectivity index (χ0n) is 10.9. The smallest absolute Gasteiger partial charge is 0.230 e. The third-order valence-electron chi connectivity index (χ3n) is 3.76. The van der Waals surface area contributed by atoms with Gasteiger partial charge in [-0.1, -0.05) is 37.3 Å². The number of rotatable bonds is 4. The lowest BCUT2D eigenvalue weighted by Gasteiger charge is -2.23. The van der Waals surface area contributed by atoms with Crippen LogP contribution in [0.15, 0.2) is 30.3 Å². The molecule has 98 valence electrons. The summed E-state index contributed by atoms with van der Waals surface area (Å²) in [4.78, 5) is 14.4. The lowest BCUT2D eigenvalue weighted by Crippen LogP contribution is -2.33. The van der Waals surface area contributed by atoms with E-state index in [1.807, 2.05) is 35.2 Å². The third kappa shape index (κ3) is 2.72. The van der Waals surface area contributed by atoms with Gasteiger partial charge in [-0.2, -0.15) is 0 Å². The molecular formula is C15H21NO2. The number of aliphatic hydroxyl groups is 1. The number of carbonyl (C=O) groups excluding carboxylic acids is 1. The summed E-state index contributed by atoms with van der Waals surface area (Å²) in [6.45, 7) is 3.73. The normalized spacial score (nSPS) is 21.0. The molecule has 3 nitrogen and oxygen atoms in total. The highest BCUT2D eigenvalue weighted by molar-refractivity contribution is 5.83. The summed E-state index contributed by atoms with van der Waals surface area (Å²) in [6.07, 6.45) is 1.75. The highest BCUT2D eigenvalue weighted by Crippen LogP contribution is 2.25. The number of aliphatic hydroxyl groups excluding tert-OH is 1. The van der Waals surface area contributed by atoms with Gasteiger partial charge in [-0.3, -0.25) is 4.79 Å². The van der Waals surface area contributed by atoms with E-state index in [2.05, 4.69) is 6.92 Å². The first-order valence-electron chi connectivity index (χ1n) is 6.70. The van der Waals surface area contributed by atoms with Gasteiger partial charge in [0.2, 0.25) is 5.91 Å². The second-order valence-corrected chi connectivity index (χ2v) is 4.99. The summed E-state index contributed by atoms with van der Waals surface area (Å²) >= 11 is 0. The van der Waals surface area contributed by atoms with Gasteiger partial charge < -0.3 is 10.0 Å². The Hall–Kier alpha value is -1.35. The van der Waals surface area contributed by atoms with Gasteiger partial charge >= 0.3 is 0 Å². The van der Waals surface area contributed by atoms with E-state index in [-0.39, 0.29) is 24.3 Å². The molecular weight excluding hydrogens is 226 g/mol. The number of amides is 1. The fourth-order valence-electron chi connectivity index (χ4n) is 2.64. The van der Waals surface area contributed by atoms with Crippen LogP contribution in [-0.2, 0) is 4.79 Å². The number of carbonyl (C=O) groups is 1. The SMILES string of the molecule is CCC(C(=O)N1CCC(CO)C1)c1ccccc1. The molecule has 1 fully saturated rings. The maximum absolute atomic E-state index is 12.5. The molecule has 2 atom stereocenters. The van der Waals surface area contributed by atoms with E-state index in [4.69, 9.17) is 5.11 Å². The van der Waals surface area contributed by atoms with Crippen LogP contribution in [0.2, 0.25) is 0 Å². The Morgan fingerprint density at radius 1 is 1.44 bits per heavy atom. The van der Waals surface area contributed by atoms with Crippen molar-refractivity contribution in [2.45, 2.75) is 25.7 Å². The molecule has 2 unspecified atom stereocenters. The van der Waals surface area contributed by atoms with Crippen LogP contribution in [0, 0.1) is 5.92 Å². The molecule has 2 rings (SSSR count). The van der Waals surface area contributed by atoms with E-state index in [1.165, 1.54) is 0 Å². The average Bonchev–Trinajstić information content (AvgIpc) is 2.89. The molecule has 1 amide bonds. The molecule has 3 heteroatoms. The summed E-state index contributed by atoms with van der Waals surface area (Å²) in [5.74, 6) is 0.436. The summed E-state index contributed by atoms with van der Waals surface area (Å²) in [7, 11) is 0. The number of benzene rings is 1. The minimum atomic E-state index is -0.0383. The molecule has 0 saturated carbocycles. The molecule has 0 aromatic heterocycles. The molecule has 1 heterocycles. The van der Waals surface area contributed by atoms with Crippen molar-refractivity contribution >= 4 is 5.91 Å². The van der Waals surface area contributed by atoms with Gasteiger partial charge in [-0.05, 0) is 18.4 Å². The van der Waals surface area contributed by atoms with Crippen molar-refractivity contribution in [2.75, 3.05) is 19.7 Å². The van der Waals surface area contributed by atoms with Crippen molar-refractivity contribution < 1.29 is 9.90 Å². The van der Waals surface area contributed by atoms with E-state index < -0.39 is 0 Å². The Labute approximate surface area is 108 Å². The third-order valence-corrected chi connectivity index (χ3v) is 3.76. The quantitative estimate of drug-likeness (QED) is 0.884. The van der Waals surface area contributed by atoms with Crippen molar-refractivity contribution in [1.29, 1.82) is 0 Å². The van der Waals surface area contributed by atoms with E-state index >= 15 is 0 Å². The van der Waals surface area contributed by atoms with Crippen LogP contribution in [0.3, 0.4) is 0 Å². The second-order valence-electron chi connectivity index (χ2n) is 4.99. The Morgan fingerprint density at radius 2 is 2.17 bits per heavy atom. The number of nitrogens with zero attached hydrogens (tertiary/aromatic N) is 1. The van der Waals surface area contributed by atoms with Gasteiger partial charge in [0.1, 0.15) is 0 Å². The molecule has 1 aliphatic heterocycles. The first-order chi connectivity index (χ1) is 8.76. The van der Waals surface area contributed by atoms with Gasteiger partial charge in [0.25, 0.3) is 0 Å². The van der Waals surface area contributed by atoms with E-state index in [0.717, 1.165) is 24.9 Å². The predicted octanol–water partition coefficient (Wildman–Crippen LogP) is 2.02. The van der Waals surface area contributed by atoms with Gasteiger partial charge in [0.15, 0.2) is 0 Å². The number of hydrogen-bond acceptors (Lipinski definition) is 2. The maximum Gasteiger partial charge on any atom is 0.230 e. The standard InChI is InChI=1S/C15H21NO2/c1-2-14(13-6-4-3-5-7-13)15(18)16-9-8-12(10-16)11-17/h3-7,12,14,17H,2,8-11H2,1H3. The second kappa shape index (κ2) is 6.01. The largest absolute Gasteiger partial charge is 0.396 e. The fraction of sp³-hybridized carbons (Fsp3) is 0.533. The summed E-state index contributed by atoms with van der Waals surface area (Å²) in [5.41, 5.74) is 1.09. The molecule has 18 heavy (non-hydrogen) atoms. The van der Waals surface area contributed by atoms with Crippen LogP contribution in [-0.4, -0.2) is 35.6 Å². The summed E-state index contributed by atoms with van der Waals surface area (Å²) in [6, 6.07) is 9.97. The Balaban J connectivity index is 2.07. The molecule has 1 aromatic carbocycles. The van der Waals surface area contributed by atoms with Gasteiger partial charge in [-0.25, -0.2) is 0 Å². The van der Waals surface area contributed by atoms with E-state index in [1.54, 1.807) is 0 Å². The van der Waals surface area contributed by atoms with Crippen molar-refractivity contribution in [1.82, 2.24) is 4.90 Å². The minimum absolute atomic E-state index is 0.0383. The molecule has 0 aliphatic carbocycles. The van der Waals surface area contributed by atoms with Crippen LogP contribution < -0.4 is 0 Å². The first-order valence-corrected chi connectivity index (χ1v) is 6.70. The highest BCUT2D eigenvalue weighted by Gasteiger charge is 2.30. The zero-order chi connectivity index (χ0) is 13.0. The molecule has 1 aromatic rings. The lowest BCUT2D eigenvalue weighted by molar-refractivity contribution is -0.132. The Morgan fingerprint density at radius 3 is 2.72 bits per heavy atom. The Kier molecular flexibility index (Phi) is 4.37. The molecule has 0 spiro atoms. The van der Waals surface area contributed by atoms with Gasteiger partial charge in [0.05, 0.1) is 5.92 Å². The molecule has 1 saturated heterocycles. The minimum Gasteiger partial charge on any atom is -0.396 e. The Bertz CT molecular complexity index is 391. The van der Waals surface area contributed by atoms with Crippen LogP contribution >= 0.6 is 0 Å². The van der Waals surface area contributed by atoms with Crippen molar-refractivity contribution in [2.24, 2.45) is 5.92 Å². The van der Waals surface area contributed by atoms with Crippen LogP contribution in [0.1, 0.15) is 31.2 Å². The average molecular weight is 247 g/mol. The first kappa shape index (κ1) is 13.1. The van der Waals surface area contributed by atoms with Crippen LogP contribution in [0.4, 0.5) is 0 Å². The van der Waals surface area contributed by atoms with Crippen molar-refractivity contribution in [3.8, 4) is 0 Å². The van der Waals surface area contributed by atoms with Crippen LogP contribution in [0.5, 0.6) is 0 Å². The molecule has 0 bridgehead atoms. The van der Waals surface area contributed by atoms with Gasteiger partial charge in [-0.15, -0.1) is 0 Å². The van der Waals surface area contributed by atoms with Gasteiger partial charge in [0, 0.05) is 25.6 Å². The lowest BCUT2D eigenvalue weighted by atomic mass is 9.95. The van der Waals surface area contributed by atoms with E-state index in [9.17, 15) is 4.79 Å². The maximum atomic E-state index is 12.5. The molecule has 0 radical (unpaired) electrons. The predicted molar refractivity (Wildman–Crippen MR) is 71.2 cm³/mol. The monoisotopic (exact) mass is 247 g/mol. The fourth-order valence-corrected chi connectivity index (χ4v) is 2.64. The topological polar surface area (TPSA) is 40.5 Å². The molecule has 1 aliphatic rings. The number of likely N-dealkylation sites (tertiary alicyclic amines) is 1.